The maximum Gasteiger partial charge on any atom is 0.293 e. The van der Waals surface area contributed by atoms with Crippen molar-refractivity contribution in [3.8, 4) is 0 Å². The molecule has 0 saturated heterocycles. The Bertz CT molecular complexity index is 394. The summed E-state index contributed by atoms with van der Waals surface area (Å²) in [7, 11) is 0. The van der Waals surface area contributed by atoms with Gasteiger partial charge in [-0.3, -0.25) is 10.1 Å². The first-order valence-corrected chi connectivity index (χ1v) is 5.91. The summed E-state index contributed by atoms with van der Waals surface area (Å²) in [6.45, 7) is 6.15. The van der Waals surface area contributed by atoms with Gasteiger partial charge in [-0.25, -0.2) is 0 Å². The van der Waals surface area contributed by atoms with Crippen LogP contribution in [0.25, 0.3) is 0 Å². The van der Waals surface area contributed by atoms with Crippen LogP contribution < -0.4 is 5.32 Å². The molecule has 1 atom stereocenters. The Morgan fingerprint density at radius 3 is 2.50 bits per heavy atom. The summed E-state index contributed by atoms with van der Waals surface area (Å²) in [4.78, 5) is 10.5. The Morgan fingerprint density at radius 2 is 2.00 bits per heavy atom. The van der Waals surface area contributed by atoms with Crippen LogP contribution in [0, 0.1) is 16.0 Å². The van der Waals surface area contributed by atoms with E-state index in [1.54, 1.807) is 12.1 Å². The molecule has 0 fully saturated rings. The van der Waals surface area contributed by atoms with Gasteiger partial charge in [-0.2, -0.15) is 0 Å². The van der Waals surface area contributed by atoms with Crippen LogP contribution >= 0.6 is 15.9 Å². The second-order valence-corrected chi connectivity index (χ2v) is 5.01. The molecular formula is C11H15BrN2O2. The quantitative estimate of drug-likeness (QED) is 0.676. The van der Waals surface area contributed by atoms with Gasteiger partial charge in [0.15, 0.2) is 0 Å². The molecule has 0 radical (unpaired) electrons. The molecule has 1 aromatic carbocycles. The van der Waals surface area contributed by atoms with Gasteiger partial charge in [0, 0.05) is 16.6 Å². The highest BCUT2D eigenvalue weighted by Gasteiger charge is 2.16. The summed E-state index contributed by atoms with van der Waals surface area (Å²) in [5, 5.41) is 14.0. The fraction of sp³-hybridized carbons (Fsp3) is 0.455. The molecular weight excluding hydrogens is 272 g/mol. The molecule has 0 heterocycles. The molecule has 0 aliphatic carbocycles. The molecule has 0 aromatic heterocycles. The zero-order valence-electron chi connectivity index (χ0n) is 9.53. The van der Waals surface area contributed by atoms with Gasteiger partial charge in [0.2, 0.25) is 0 Å². The normalized spacial score (nSPS) is 12.6. The molecule has 4 nitrogen and oxygen atoms in total. The van der Waals surface area contributed by atoms with Crippen molar-refractivity contribution >= 4 is 27.3 Å². The van der Waals surface area contributed by atoms with Crippen LogP contribution in [0.3, 0.4) is 0 Å². The summed E-state index contributed by atoms with van der Waals surface area (Å²) in [5.74, 6) is 0.420. The van der Waals surface area contributed by atoms with Crippen molar-refractivity contribution in [1.82, 2.24) is 0 Å². The Hall–Kier alpha value is -1.10. The lowest BCUT2D eigenvalue weighted by Gasteiger charge is -2.18. The van der Waals surface area contributed by atoms with Gasteiger partial charge in [0.25, 0.3) is 5.69 Å². The third-order valence-corrected chi connectivity index (χ3v) is 3.03. The summed E-state index contributed by atoms with van der Waals surface area (Å²) in [6, 6.07) is 5.22. The predicted octanol–water partition coefficient (Wildman–Crippen LogP) is 3.81. The molecule has 1 rings (SSSR count). The van der Waals surface area contributed by atoms with Crippen molar-refractivity contribution in [2.75, 3.05) is 5.32 Å². The summed E-state index contributed by atoms with van der Waals surface area (Å²) in [6.07, 6.45) is 0. The second kappa shape index (κ2) is 5.30. The number of halogens is 1. The molecule has 1 unspecified atom stereocenters. The minimum absolute atomic E-state index is 0.0990. The summed E-state index contributed by atoms with van der Waals surface area (Å²) >= 11 is 3.23. The van der Waals surface area contributed by atoms with Gasteiger partial charge in [0.05, 0.1) is 4.92 Å². The third-order valence-electron chi connectivity index (χ3n) is 2.54. The lowest BCUT2D eigenvalue weighted by atomic mass is 10.1. The molecule has 5 heteroatoms. The average Bonchev–Trinajstić information content (AvgIpc) is 2.20. The Labute approximate surface area is 103 Å². The molecule has 1 aromatic rings. The summed E-state index contributed by atoms with van der Waals surface area (Å²) in [5.41, 5.74) is 0.663. The molecule has 0 saturated carbocycles. The number of nitro groups is 1. The fourth-order valence-electron chi connectivity index (χ4n) is 1.19. The van der Waals surface area contributed by atoms with Crippen molar-refractivity contribution in [2.45, 2.75) is 26.8 Å². The number of nitrogens with one attached hydrogen (secondary N) is 1. The van der Waals surface area contributed by atoms with Gasteiger partial charge in [-0.05, 0) is 25.0 Å². The maximum atomic E-state index is 10.9. The van der Waals surface area contributed by atoms with Gasteiger partial charge in [-0.15, -0.1) is 0 Å². The number of rotatable bonds is 4. The van der Waals surface area contributed by atoms with Crippen LogP contribution in [-0.4, -0.2) is 11.0 Å². The van der Waals surface area contributed by atoms with Gasteiger partial charge >= 0.3 is 0 Å². The molecule has 0 amide bonds. The van der Waals surface area contributed by atoms with E-state index in [1.807, 2.05) is 6.92 Å². The number of hydrogen-bond donors (Lipinski definition) is 1. The van der Waals surface area contributed by atoms with E-state index >= 15 is 0 Å². The van der Waals surface area contributed by atoms with E-state index in [2.05, 4.69) is 35.1 Å². The van der Waals surface area contributed by atoms with Crippen molar-refractivity contribution < 1.29 is 4.92 Å². The van der Waals surface area contributed by atoms with E-state index in [4.69, 9.17) is 0 Å². The zero-order valence-corrected chi connectivity index (χ0v) is 11.1. The van der Waals surface area contributed by atoms with Crippen molar-refractivity contribution in [2.24, 2.45) is 5.92 Å². The Morgan fingerprint density at radius 1 is 1.38 bits per heavy atom. The predicted molar refractivity (Wildman–Crippen MR) is 68.7 cm³/mol. The number of anilines is 1. The number of hydrogen-bond acceptors (Lipinski definition) is 3. The van der Waals surface area contributed by atoms with E-state index < -0.39 is 0 Å². The highest BCUT2D eigenvalue weighted by atomic mass is 79.9. The van der Waals surface area contributed by atoms with E-state index in [-0.39, 0.29) is 16.7 Å². The minimum Gasteiger partial charge on any atom is -0.377 e. The zero-order chi connectivity index (χ0) is 12.3. The van der Waals surface area contributed by atoms with Crippen molar-refractivity contribution in [3.63, 3.8) is 0 Å². The number of benzene rings is 1. The van der Waals surface area contributed by atoms with E-state index in [0.717, 1.165) is 0 Å². The lowest BCUT2D eigenvalue weighted by molar-refractivity contribution is -0.384. The van der Waals surface area contributed by atoms with Crippen LogP contribution in [-0.2, 0) is 0 Å². The molecule has 0 aliphatic heterocycles. The van der Waals surface area contributed by atoms with Gasteiger partial charge in [0.1, 0.15) is 5.69 Å². The van der Waals surface area contributed by atoms with E-state index in [0.29, 0.717) is 16.1 Å². The van der Waals surface area contributed by atoms with Crippen LogP contribution in [0.15, 0.2) is 22.7 Å². The SMILES string of the molecule is CC(C)C(C)Nc1ccc(Br)cc1[N+](=O)[O-]. The first-order valence-electron chi connectivity index (χ1n) is 5.12. The van der Waals surface area contributed by atoms with E-state index in [1.165, 1.54) is 6.07 Å². The first-order chi connectivity index (χ1) is 7.41. The Balaban J connectivity index is 2.99. The molecule has 16 heavy (non-hydrogen) atoms. The third kappa shape index (κ3) is 3.20. The number of nitrogens with zero attached hydrogens (tertiary/aromatic N) is 1. The van der Waals surface area contributed by atoms with Gasteiger partial charge < -0.3 is 5.32 Å². The monoisotopic (exact) mass is 286 g/mol. The smallest absolute Gasteiger partial charge is 0.293 e. The van der Waals surface area contributed by atoms with Crippen LogP contribution in [0.1, 0.15) is 20.8 Å². The highest BCUT2D eigenvalue weighted by molar-refractivity contribution is 9.10. The number of nitro benzene ring substituents is 1. The highest BCUT2D eigenvalue weighted by Crippen LogP contribution is 2.29. The molecule has 88 valence electrons. The van der Waals surface area contributed by atoms with Crippen molar-refractivity contribution in [3.05, 3.63) is 32.8 Å². The average molecular weight is 287 g/mol. The molecule has 1 N–H and O–H groups in total. The first kappa shape index (κ1) is 13.0. The topological polar surface area (TPSA) is 55.2 Å². The second-order valence-electron chi connectivity index (χ2n) is 4.10. The fourth-order valence-corrected chi connectivity index (χ4v) is 1.54. The van der Waals surface area contributed by atoms with Crippen LogP contribution in [0.2, 0.25) is 0 Å². The van der Waals surface area contributed by atoms with Crippen molar-refractivity contribution in [1.29, 1.82) is 0 Å². The van der Waals surface area contributed by atoms with Gasteiger partial charge in [-0.1, -0.05) is 29.8 Å². The molecule has 0 aliphatic rings. The maximum absolute atomic E-state index is 10.9. The van der Waals surface area contributed by atoms with Crippen LogP contribution in [0.4, 0.5) is 11.4 Å². The molecule has 0 spiro atoms. The standard InChI is InChI=1S/C11H15BrN2O2/c1-7(2)8(3)13-10-5-4-9(12)6-11(10)14(15)16/h4-8,13H,1-3H3. The Kier molecular flexibility index (Phi) is 4.29. The summed E-state index contributed by atoms with van der Waals surface area (Å²) < 4.78 is 0.710. The lowest BCUT2D eigenvalue weighted by Crippen LogP contribution is -2.21. The van der Waals surface area contributed by atoms with E-state index in [9.17, 15) is 10.1 Å². The largest absolute Gasteiger partial charge is 0.377 e. The minimum atomic E-state index is -0.375. The van der Waals surface area contributed by atoms with Crippen LogP contribution in [0.5, 0.6) is 0 Å². The molecule has 0 bridgehead atoms.